The molecule has 0 spiro atoms. The van der Waals surface area contributed by atoms with Crippen LogP contribution in [0, 0.1) is 25.5 Å². The van der Waals surface area contributed by atoms with E-state index >= 15 is 8.78 Å². The number of ether oxygens (including phenoxy) is 6. The van der Waals surface area contributed by atoms with Crippen molar-refractivity contribution in [1.82, 2.24) is 30.7 Å². The summed E-state index contributed by atoms with van der Waals surface area (Å²) in [5.41, 5.74) is 4.38. The van der Waals surface area contributed by atoms with Crippen LogP contribution in [0.3, 0.4) is 0 Å². The van der Waals surface area contributed by atoms with E-state index in [9.17, 15) is 26.4 Å². The molecular formula is C50H62Cl4F2N6O12S2. The Morgan fingerprint density at radius 1 is 0.513 bits per heavy atom. The van der Waals surface area contributed by atoms with Crippen molar-refractivity contribution < 1.29 is 63.6 Å². The molecule has 0 aromatic heterocycles. The molecule has 418 valence electrons. The Kier molecular flexibility index (Phi) is 23.7. The number of fused-ring (bicyclic) bond motifs is 2. The summed E-state index contributed by atoms with van der Waals surface area (Å²) in [7, 11) is -8.38. The molecule has 0 heterocycles. The van der Waals surface area contributed by atoms with Crippen molar-refractivity contribution in [3.63, 3.8) is 0 Å². The van der Waals surface area contributed by atoms with E-state index in [0.29, 0.717) is 82.8 Å². The van der Waals surface area contributed by atoms with Gasteiger partial charge in [0.2, 0.25) is 20.0 Å². The van der Waals surface area contributed by atoms with Crippen LogP contribution in [0.2, 0.25) is 20.1 Å². The van der Waals surface area contributed by atoms with Gasteiger partial charge in [0, 0.05) is 71.5 Å². The number of carbonyl (C=O) groups excluding carboxylic acids is 2. The van der Waals surface area contributed by atoms with E-state index < -0.39 is 53.7 Å². The molecule has 0 bridgehead atoms. The molecule has 2 atom stereocenters. The maximum absolute atomic E-state index is 15.1. The minimum Gasteiger partial charge on any atom is -0.485 e. The van der Waals surface area contributed by atoms with Crippen LogP contribution in [0.25, 0.3) is 0 Å². The Hall–Kier alpha value is -4.30. The van der Waals surface area contributed by atoms with Crippen molar-refractivity contribution in [2.24, 2.45) is 0 Å². The fourth-order valence-corrected chi connectivity index (χ4v) is 11.8. The molecule has 2 aliphatic carbocycles. The van der Waals surface area contributed by atoms with Crippen molar-refractivity contribution in [1.29, 1.82) is 0 Å². The Balaban J connectivity index is 0.700. The number of benzene rings is 4. The first-order chi connectivity index (χ1) is 36.3. The number of sulfonamides is 2. The van der Waals surface area contributed by atoms with E-state index in [2.05, 4.69) is 30.7 Å². The predicted octanol–water partition coefficient (Wildman–Crippen LogP) is 8.03. The van der Waals surface area contributed by atoms with Gasteiger partial charge in [0.15, 0.2) is 0 Å². The van der Waals surface area contributed by atoms with E-state index in [-0.39, 0.29) is 103 Å². The lowest BCUT2D eigenvalue weighted by Gasteiger charge is -2.18. The molecule has 76 heavy (non-hydrogen) atoms. The van der Waals surface area contributed by atoms with Crippen LogP contribution in [-0.2, 0) is 51.8 Å². The van der Waals surface area contributed by atoms with E-state index in [1.165, 1.54) is 12.1 Å². The fraction of sp³-hybridized carbons (Fsp3) is 0.480. The van der Waals surface area contributed by atoms with Gasteiger partial charge >= 0.3 is 12.1 Å². The predicted molar refractivity (Wildman–Crippen MR) is 284 cm³/mol. The van der Waals surface area contributed by atoms with Gasteiger partial charge in [-0.3, -0.25) is 0 Å². The first-order valence-corrected chi connectivity index (χ1v) is 29.0. The second kappa shape index (κ2) is 29.6. The molecule has 18 nitrogen and oxygen atoms in total. The van der Waals surface area contributed by atoms with Gasteiger partial charge in [-0.25, -0.2) is 44.6 Å². The number of hydrogen-bond donors (Lipinski definition) is 6. The molecule has 4 aromatic rings. The van der Waals surface area contributed by atoms with E-state index in [4.69, 9.17) is 74.8 Å². The lowest BCUT2D eigenvalue weighted by atomic mass is 10.1. The van der Waals surface area contributed by atoms with Crippen LogP contribution in [0.4, 0.5) is 18.4 Å². The maximum Gasteiger partial charge on any atom is 0.314 e. The average molecular weight is 1180 g/mol. The SMILES string of the molecule is Cc1cc(S(=O)(=O)NCCOCCOCCNC(=O)NCCCCNC(=O)NCCOCCOCCNS(=O)(=O)c2cc(C)c(O[C@@H]3CCc4c(Cl)cc(Cl)cc43)cc2F)c(F)cc1O[C@@H]1CCc2c(Cl)cc(Cl)cc21. The smallest absolute Gasteiger partial charge is 0.314 e. The van der Waals surface area contributed by atoms with Gasteiger partial charge < -0.3 is 49.7 Å². The zero-order valence-electron chi connectivity index (χ0n) is 41.9. The van der Waals surface area contributed by atoms with E-state index in [1.54, 1.807) is 38.1 Å². The first-order valence-electron chi connectivity index (χ1n) is 24.6. The highest BCUT2D eigenvalue weighted by molar-refractivity contribution is 7.89. The van der Waals surface area contributed by atoms with Crippen LogP contribution < -0.4 is 40.2 Å². The molecule has 0 saturated carbocycles. The number of carbonyl (C=O) groups is 2. The number of amides is 4. The second-order valence-electron chi connectivity index (χ2n) is 17.6. The average Bonchev–Trinajstić information content (AvgIpc) is 3.96. The van der Waals surface area contributed by atoms with Crippen LogP contribution in [0.1, 0.15) is 71.3 Å². The van der Waals surface area contributed by atoms with Gasteiger partial charge in [-0.05, 0) is 122 Å². The zero-order valence-corrected chi connectivity index (χ0v) is 46.6. The van der Waals surface area contributed by atoms with Crippen molar-refractivity contribution in [3.05, 3.63) is 114 Å². The minimum absolute atomic E-state index is 0.0129. The van der Waals surface area contributed by atoms with Gasteiger partial charge in [-0.2, -0.15) is 0 Å². The van der Waals surface area contributed by atoms with Gasteiger partial charge in [-0.15, -0.1) is 0 Å². The monoisotopic (exact) mass is 1180 g/mol. The Bertz CT molecular complexity index is 2690. The zero-order chi connectivity index (χ0) is 54.8. The lowest BCUT2D eigenvalue weighted by molar-refractivity contribution is 0.0516. The third-order valence-electron chi connectivity index (χ3n) is 12.0. The third kappa shape index (κ3) is 18.1. The Morgan fingerprint density at radius 3 is 1.25 bits per heavy atom. The van der Waals surface area contributed by atoms with Crippen LogP contribution >= 0.6 is 46.4 Å². The van der Waals surface area contributed by atoms with Gasteiger partial charge in [-0.1, -0.05) is 46.4 Å². The summed E-state index contributed by atoms with van der Waals surface area (Å²) >= 11 is 25.0. The molecule has 0 fully saturated rings. The van der Waals surface area contributed by atoms with E-state index in [0.717, 1.165) is 34.4 Å². The molecule has 4 aromatic carbocycles. The van der Waals surface area contributed by atoms with Gasteiger partial charge in [0.1, 0.15) is 45.1 Å². The number of aryl methyl sites for hydroxylation is 2. The van der Waals surface area contributed by atoms with Gasteiger partial charge in [0.05, 0.1) is 52.9 Å². The lowest BCUT2D eigenvalue weighted by Crippen LogP contribution is -2.39. The summed E-state index contributed by atoms with van der Waals surface area (Å²) in [4.78, 5) is 23.1. The summed E-state index contributed by atoms with van der Waals surface area (Å²) in [5, 5.41) is 12.8. The summed E-state index contributed by atoms with van der Waals surface area (Å²) < 4.78 is 120. The Labute approximate surface area is 461 Å². The van der Waals surface area contributed by atoms with Crippen LogP contribution in [0.5, 0.6) is 11.5 Å². The molecule has 0 aliphatic heterocycles. The molecular weight excluding hydrogens is 1120 g/mol. The molecule has 0 radical (unpaired) electrons. The van der Waals surface area contributed by atoms with Crippen molar-refractivity contribution >= 4 is 78.5 Å². The van der Waals surface area contributed by atoms with Crippen molar-refractivity contribution in [3.8, 4) is 11.5 Å². The molecule has 0 saturated heterocycles. The van der Waals surface area contributed by atoms with Crippen LogP contribution in [0.15, 0.2) is 58.3 Å². The minimum atomic E-state index is -4.19. The van der Waals surface area contributed by atoms with Crippen molar-refractivity contribution in [2.75, 3.05) is 92.1 Å². The summed E-state index contributed by atoms with van der Waals surface area (Å²) in [6.45, 7) is 5.48. The summed E-state index contributed by atoms with van der Waals surface area (Å²) in [6, 6.07) is 10.7. The molecule has 6 N–H and O–H groups in total. The van der Waals surface area contributed by atoms with Crippen molar-refractivity contribution in [2.45, 2.75) is 74.4 Å². The number of hydrogen-bond acceptors (Lipinski definition) is 12. The van der Waals surface area contributed by atoms with Crippen LogP contribution in [-0.4, -0.2) is 121 Å². The summed E-state index contributed by atoms with van der Waals surface area (Å²) in [5.74, 6) is -1.48. The molecule has 26 heteroatoms. The quantitative estimate of drug-likeness (QED) is 0.0263. The summed E-state index contributed by atoms with van der Waals surface area (Å²) in [6.07, 6.45) is 3.01. The molecule has 0 unspecified atom stereocenters. The first kappa shape index (κ1) is 60.9. The second-order valence-corrected chi connectivity index (χ2v) is 22.8. The fourth-order valence-electron chi connectivity index (χ4n) is 8.25. The highest BCUT2D eigenvalue weighted by atomic mass is 35.5. The maximum atomic E-state index is 15.1. The number of halogens is 6. The Morgan fingerprint density at radius 2 is 0.868 bits per heavy atom. The van der Waals surface area contributed by atoms with E-state index in [1.807, 2.05) is 0 Å². The van der Waals surface area contributed by atoms with Gasteiger partial charge in [0.25, 0.3) is 0 Å². The number of urea groups is 2. The number of rotatable bonds is 31. The molecule has 6 rings (SSSR count). The topological polar surface area (TPSA) is 230 Å². The normalized spacial score (nSPS) is 15.1. The number of unbranched alkanes of at least 4 members (excludes halogenated alkanes) is 1. The largest absolute Gasteiger partial charge is 0.485 e. The number of nitrogens with one attached hydrogen (secondary N) is 6. The molecule has 4 amide bonds. The highest BCUT2D eigenvalue weighted by Gasteiger charge is 2.30. The molecule has 2 aliphatic rings. The highest BCUT2D eigenvalue weighted by Crippen LogP contribution is 2.43. The standard InChI is InChI=1S/C50H62Cl4F2N6O12S2/c1-31-23-47(41(55)29-45(31)73-43-7-5-35-37(43)25-33(51)27-39(35)53)75(65,66)61-13-17-71-21-19-69-15-11-59-49(63)57-9-3-4-10-58-50(64)60-12-16-70-20-22-72-18-14-62-76(67,68)48-24-32(2)46(30-42(48)56)74-44-8-6-36-38(44)26-34(52)28-40(36)54/h23-30,43-44,61-62H,3-22H2,1-2H3,(H2,57,59,63)(H2,58,60,64)/t43-,44-/m1/s1. The third-order valence-corrected chi connectivity index (χ3v) is 16.1.